The highest BCUT2D eigenvalue weighted by Gasteiger charge is 2.32. The molecule has 110 valence electrons. The van der Waals surface area contributed by atoms with Gasteiger partial charge in [-0.05, 0) is 13.8 Å². The molecule has 0 aromatic carbocycles. The minimum absolute atomic E-state index is 0.149. The van der Waals surface area contributed by atoms with Crippen molar-refractivity contribution < 1.29 is 9.63 Å². The second kappa shape index (κ2) is 7.22. The molecule has 1 aliphatic rings. The van der Waals surface area contributed by atoms with Crippen molar-refractivity contribution in [3.05, 3.63) is 0 Å². The highest BCUT2D eigenvalue weighted by atomic mass is 35.6. The lowest BCUT2D eigenvalue weighted by Crippen LogP contribution is -2.31. The van der Waals surface area contributed by atoms with Gasteiger partial charge in [0, 0.05) is 30.5 Å². The van der Waals surface area contributed by atoms with Gasteiger partial charge in [-0.2, -0.15) is 0 Å². The zero-order valence-corrected chi connectivity index (χ0v) is 15.2. The largest absolute Gasteiger partial charge is 0.445 e. The van der Waals surface area contributed by atoms with Crippen LogP contribution in [0.3, 0.4) is 0 Å². The molecule has 0 aliphatic carbocycles. The van der Waals surface area contributed by atoms with E-state index < -0.39 is 9.22 Å². The van der Waals surface area contributed by atoms with Gasteiger partial charge in [0.25, 0.3) is 3.12 Å². The molecule has 4 nitrogen and oxygen atoms in total. The Hall–Kier alpha value is 0.860. The predicted octanol–water partition coefficient (Wildman–Crippen LogP) is 4.60. The van der Waals surface area contributed by atoms with Gasteiger partial charge in [-0.1, -0.05) is 40.0 Å². The number of halogens is 3. The maximum absolute atomic E-state index is 11.7. The smallest absolute Gasteiger partial charge is 0.296 e. The summed E-state index contributed by atoms with van der Waals surface area (Å²) in [6.45, 7) is 4.08. The zero-order chi connectivity index (χ0) is 14.7. The van der Waals surface area contributed by atoms with Crippen molar-refractivity contribution in [2.45, 2.75) is 21.7 Å². The van der Waals surface area contributed by atoms with Gasteiger partial charge in [0.05, 0.1) is 4.75 Å². The van der Waals surface area contributed by atoms with Crippen LogP contribution in [0.15, 0.2) is 5.16 Å². The van der Waals surface area contributed by atoms with E-state index in [2.05, 4.69) is 5.16 Å². The van der Waals surface area contributed by atoms with Gasteiger partial charge >= 0.3 is 6.09 Å². The van der Waals surface area contributed by atoms with Crippen LogP contribution < -0.4 is 0 Å². The molecule has 0 radical (unpaired) electrons. The summed E-state index contributed by atoms with van der Waals surface area (Å²) >= 11 is 20.8. The number of carbonyl (C=O) groups excluding carboxylic acids is 1. The van der Waals surface area contributed by atoms with E-state index in [0.29, 0.717) is 0 Å². The van der Waals surface area contributed by atoms with Crippen molar-refractivity contribution in [3.8, 4) is 0 Å². The van der Waals surface area contributed by atoms with Crippen molar-refractivity contribution in [3.63, 3.8) is 0 Å². The van der Waals surface area contributed by atoms with E-state index in [1.807, 2.05) is 13.8 Å². The number of amides is 1. The summed E-state index contributed by atoms with van der Waals surface area (Å²) in [5.41, 5.74) is 0. The van der Waals surface area contributed by atoms with Crippen molar-refractivity contribution in [2.75, 3.05) is 18.6 Å². The van der Waals surface area contributed by atoms with Gasteiger partial charge in [-0.25, -0.2) is 9.10 Å². The Morgan fingerprint density at radius 2 is 2.11 bits per heavy atom. The van der Waals surface area contributed by atoms with Crippen LogP contribution in [0.25, 0.3) is 0 Å². The Morgan fingerprint density at radius 3 is 2.63 bits per heavy atom. The molecule has 19 heavy (non-hydrogen) atoms. The first-order chi connectivity index (χ1) is 8.62. The molecule has 0 spiro atoms. The first kappa shape index (κ1) is 17.9. The molecule has 1 fully saturated rings. The summed E-state index contributed by atoms with van der Waals surface area (Å²) in [7, 11) is 1.45. The summed E-state index contributed by atoms with van der Waals surface area (Å²) in [5, 5.41) is 4.69. The van der Waals surface area contributed by atoms with Gasteiger partial charge in [-0.15, -0.1) is 23.5 Å². The summed E-state index contributed by atoms with van der Waals surface area (Å²) in [5.74, 6) is 2.00. The van der Waals surface area contributed by atoms with E-state index >= 15 is 0 Å². The Bertz CT molecular complexity index is 374. The maximum Gasteiger partial charge on any atom is 0.445 e. The summed E-state index contributed by atoms with van der Waals surface area (Å²) in [6, 6.07) is 0. The second-order valence-electron chi connectivity index (χ2n) is 4.00. The lowest BCUT2D eigenvalue weighted by atomic mass is 10.2. The quantitative estimate of drug-likeness (QED) is 0.301. The number of alkyl halides is 3. The average Bonchev–Trinajstić information content (AvgIpc) is 2.24. The molecule has 0 atom stereocenters. The standard InChI is InChI=1S/C9H13Cl3N2O2S3/c1-8(2)6(17-4-5-18-8)13-16-7(15)14(3)19-9(10,11)12/h4-5H2,1-3H3/b13-6+. The number of nitrogens with zero attached hydrogens (tertiary/aromatic N) is 2. The fourth-order valence-electron chi connectivity index (χ4n) is 1.14. The molecule has 1 saturated heterocycles. The van der Waals surface area contributed by atoms with Crippen LogP contribution >= 0.6 is 70.3 Å². The van der Waals surface area contributed by atoms with Crippen molar-refractivity contribution in [1.82, 2.24) is 4.31 Å². The van der Waals surface area contributed by atoms with E-state index in [1.165, 1.54) is 7.05 Å². The molecule has 0 unspecified atom stereocenters. The average molecular weight is 384 g/mol. The number of hydrogen-bond acceptors (Lipinski definition) is 6. The normalized spacial score (nSPS) is 21.3. The van der Waals surface area contributed by atoms with Crippen LogP contribution in [0.4, 0.5) is 4.79 Å². The predicted molar refractivity (Wildman–Crippen MR) is 88.6 cm³/mol. The molecule has 0 N–H and O–H groups in total. The van der Waals surface area contributed by atoms with E-state index in [4.69, 9.17) is 39.6 Å². The fourth-order valence-corrected chi connectivity index (χ4v) is 4.81. The van der Waals surface area contributed by atoms with Gasteiger partial charge in [0.2, 0.25) is 0 Å². The van der Waals surface area contributed by atoms with Crippen molar-refractivity contribution >= 4 is 81.4 Å². The second-order valence-corrected chi connectivity index (χ2v) is 11.1. The summed E-state index contributed by atoms with van der Waals surface area (Å²) < 4.78 is -0.676. The number of thioether (sulfide) groups is 2. The Morgan fingerprint density at radius 1 is 1.47 bits per heavy atom. The third-order valence-corrected chi connectivity index (χ3v) is 6.23. The molecule has 0 saturated carbocycles. The Labute approximate surface area is 140 Å². The van der Waals surface area contributed by atoms with Crippen LogP contribution in [0.2, 0.25) is 0 Å². The van der Waals surface area contributed by atoms with Crippen molar-refractivity contribution in [1.29, 1.82) is 0 Å². The molecule has 1 aliphatic heterocycles. The van der Waals surface area contributed by atoms with Crippen LogP contribution in [-0.4, -0.2) is 41.9 Å². The molecule has 1 heterocycles. The van der Waals surface area contributed by atoms with E-state index in [1.54, 1.807) is 23.5 Å². The minimum Gasteiger partial charge on any atom is -0.296 e. The number of hydrogen-bond donors (Lipinski definition) is 0. The third-order valence-electron chi connectivity index (χ3n) is 2.00. The van der Waals surface area contributed by atoms with Crippen LogP contribution in [-0.2, 0) is 4.84 Å². The van der Waals surface area contributed by atoms with Gasteiger partial charge in [-0.3, -0.25) is 4.84 Å². The molecule has 10 heteroatoms. The minimum atomic E-state index is -1.62. The SMILES string of the molecule is CN(SC(Cl)(Cl)Cl)C(=O)O/N=C1/SCCSC1(C)C. The van der Waals surface area contributed by atoms with Crippen molar-refractivity contribution in [2.24, 2.45) is 5.16 Å². The molecule has 1 amide bonds. The number of carbonyl (C=O) groups is 1. The van der Waals surface area contributed by atoms with Crippen LogP contribution in [0.5, 0.6) is 0 Å². The highest BCUT2D eigenvalue weighted by Crippen LogP contribution is 2.40. The van der Waals surface area contributed by atoms with Gasteiger partial charge in [0.1, 0.15) is 5.04 Å². The Balaban J connectivity index is 2.57. The lowest BCUT2D eigenvalue weighted by Gasteiger charge is -2.29. The molecule has 0 aromatic heterocycles. The molecular weight excluding hydrogens is 371 g/mol. The topological polar surface area (TPSA) is 41.9 Å². The first-order valence-electron chi connectivity index (χ1n) is 5.17. The number of oxime groups is 1. The lowest BCUT2D eigenvalue weighted by molar-refractivity contribution is 0.137. The van der Waals surface area contributed by atoms with E-state index in [9.17, 15) is 4.79 Å². The van der Waals surface area contributed by atoms with Crippen LogP contribution in [0, 0.1) is 0 Å². The highest BCUT2D eigenvalue weighted by molar-refractivity contribution is 8.19. The molecule has 1 rings (SSSR count). The summed E-state index contributed by atoms with van der Waals surface area (Å²) in [4.78, 5) is 16.5. The first-order valence-corrected chi connectivity index (χ1v) is 9.05. The summed E-state index contributed by atoms with van der Waals surface area (Å²) in [6.07, 6.45) is -0.684. The fraction of sp³-hybridized carbons (Fsp3) is 0.778. The maximum atomic E-state index is 11.7. The molecular formula is C9H13Cl3N2O2S3. The Kier molecular flexibility index (Phi) is 6.81. The van der Waals surface area contributed by atoms with Crippen LogP contribution in [0.1, 0.15) is 13.8 Å². The molecule has 0 bridgehead atoms. The van der Waals surface area contributed by atoms with E-state index in [-0.39, 0.29) is 4.75 Å². The van der Waals surface area contributed by atoms with E-state index in [0.717, 1.165) is 32.8 Å². The monoisotopic (exact) mass is 382 g/mol. The van der Waals surface area contributed by atoms with Gasteiger partial charge in [0.15, 0.2) is 0 Å². The third kappa shape index (κ3) is 6.44. The van der Waals surface area contributed by atoms with Gasteiger partial charge < -0.3 is 0 Å². The number of rotatable bonds is 2. The zero-order valence-electron chi connectivity index (χ0n) is 10.5. The molecule has 0 aromatic rings.